The molecule has 0 unspecified atom stereocenters. The van der Waals surface area contributed by atoms with E-state index in [0.717, 1.165) is 11.1 Å². The van der Waals surface area contributed by atoms with Crippen molar-refractivity contribution in [3.8, 4) is 5.82 Å². The predicted molar refractivity (Wildman–Crippen MR) is 134 cm³/mol. The van der Waals surface area contributed by atoms with Crippen molar-refractivity contribution in [1.82, 2.24) is 14.3 Å². The van der Waals surface area contributed by atoms with E-state index in [1.165, 1.54) is 11.5 Å². The zero-order valence-electron chi connectivity index (χ0n) is 19.2. The van der Waals surface area contributed by atoms with Crippen LogP contribution in [0.5, 0.6) is 0 Å². The summed E-state index contributed by atoms with van der Waals surface area (Å²) >= 11 is 6.08. The Bertz CT molecular complexity index is 1660. The number of primary amides is 1. The minimum absolute atomic E-state index is 0.222. The largest absolute Gasteiger partial charge is 0.376 e. The van der Waals surface area contributed by atoms with Crippen LogP contribution in [0.1, 0.15) is 30.5 Å². The summed E-state index contributed by atoms with van der Waals surface area (Å²) in [5.74, 6) is -0.475. The van der Waals surface area contributed by atoms with Crippen LogP contribution in [-0.4, -0.2) is 25.3 Å². The van der Waals surface area contributed by atoms with Gasteiger partial charge in [-0.3, -0.25) is 9.36 Å². The van der Waals surface area contributed by atoms with Crippen LogP contribution >= 0.6 is 11.6 Å². The van der Waals surface area contributed by atoms with Crippen LogP contribution in [0.2, 0.25) is 5.02 Å². The Hall–Kier alpha value is -3.88. The number of imidazole rings is 1. The van der Waals surface area contributed by atoms with Gasteiger partial charge in [-0.25, -0.2) is 9.36 Å². The van der Waals surface area contributed by atoms with Crippen LogP contribution in [0.3, 0.4) is 0 Å². The third kappa shape index (κ3) is 3.71. The van der Waals surface area contributed by atoms with Gasteiger partial charge in [-0.2, -0.15) is 0 Å². The maximum Gasteiger partial charge on any atom is 0.335 e. The van der Waals surface area contributed by atoms with Crippen molar-refractivity contribution in [2.24, 2.45) is 5.73 Å². The highest BCUT2D eigenvalue weighted by atomic mass is 35.5. The van der Waals surface area contributed by atoms with Crippen LogP contribution < -0.4 is 11.4 Å². The standard InChI is InChI=1S/C26H23ClN4O4/c1-3-15-8-9-17(26(2,34)24(28)32)12-16(15)14-30-20-6-4-5-7-21(20)31(25(30)33)23-19-11-10-18(27)13-22(19)35-29-23/h4-13,34H,3,14H2,1-2H3,(H2,28,32)/t26-/m1/s1. The van der Waals surface area contributed by atoms with Crippen molar-refractivity contribution >= 4 is 39.5 Å². The molecule has 5 aromatic rings. The van der Waals surface area contributed by atoms with E-state index in [2.05, 4.69) is 5.16 Å². The van der Waals surface area contributed by atoms with Gasteiger partial charge in [-0.15, -0.1) is 0 Å². The van der Waals surface area contributed by atoms with E-state index in [-0.39, 0.29) is 12.2 Å². The number of aromatic nitrogens is 3. The SMILES string of the molecule is CCc1ccc([C@@](C)(O)C(N)=O)cc1Cn1c(=O)n(-c2noc3cc(Cl)ccc23)c2ccccc21. The lowest BCUT2D eigenvalue weighted by Crippen LogP contribution is -2.38. The van der Waals surface area contributed by atoms with Crippen molar-refractivity contribution in [2.75, 3.05) is 0 Å². The smallest absolute Gasteiger partial charge is 0.335 e. The minimum atomic E-state index is -1.83. The third-order valence-corrected chi connectivity index (χ3v) is 6.66. The molecule has 1 atom stereocenters. The number of para-hydroxylation sites is 2. The first-order valence-corrected chi connectivity index (χ1v) is 11.5. The molecule has 35 heavy (non-hydrogen) atoms. The van der Waals surface area contributed by atoms with Crippen molar-refractivity contribution in [3.63, 3.8) is 0 Å². The number of aryl methyl sites for hydroxylation is 1. The molecule has 9 heteroatoms. The fourth-order valence-corrected chi connectivity index (χ4v) is 4.52. The Kier molecular flexibility index (Phi) is 5.50. The first-order valence-electron chi connectivity index (χ1n) is 11.1. The molecule has 0 aliphatic carbocycles. The highest BCUT2D eigenvalue weighted by Gasteiger charge is 2.30. The number of nitrogens with two attached hydrogens (primary N) is 1. The molecule has 0 bridgehead atoms. The normalized spacial score (nSPS) is 13.4. The van der Waals surface area contributed by atoms with Gasteiger partial charge in [0.15, 0.2) is 17.0 Å². The number of benzene rings is 3. The summed E-state index contributed by atoms with van der Waals surface area (Å²) in [5, 5.41) is 16.0. The molecule has 3 aromatic carbocycles. The quantitative estimate of drug-likeness (QED) is 0.374. The molecule has 1 amide bonds. The minimum Gasteiger partial charge on any atom is -0.376 e. The predicted octanol–water partition coefficient (Wildman–Crippen LogP) is 3.89. The summed E-state index contributed by atoms with van der Waals surface area (Å²) in [4.78, 5) is 25.6. The van der Waals surface area contributed by atoms with E-state index in [9.17, 15) is 14.7 Å². The summed E-state index contributed by atoms with van der Waals surface area (Å²) in [6.45, 7) is 3.59. The average Bonchev–Trinajstić information content (AvgIpc) is 3.36. The maximum absolute atomic E-state index is 13.8. The molecular formula is C26H23ClN4O4. The lowest BCUT2D eigenvalue weighted by Gasteiger charge is -2.21. The molecule has 0 aliphatic rings. The fourth-order valence-electron chi connectivity index (χ4n) is 4.36. The van der Waals surface area contributed by atoms with Crippen LogP contribution in [0.15, 0.2) is 70.0 Å². The summed E-state index contributed by atoms with van der Waals surface area (Å²) in [6.07, 6.45) is 0.705. The number of nitrogens with zero attached hydrogens (tertiary/aromatic N) is 3. The number of amides is 1. The molecule has 2 heterocycles. The van der Waals surface area contributed by atoms with Crippen LogP contribution in [0, 0.1) is 0 Å². The molecule has 2 aromatic heterocycles. The molecule has 3 N–H and O–H groups in total. The number of carbonyl (C=O) groups excluding carboxylic acids is 1. The molecule has 0 saturated heterocycles. The Morgan fingerprint density at radius 1 is 1.11 bits per heavy atom. The summed E-state index contributed by atoms with van der Waals surface area (Å²) < 4.78 is 8.61. The lowest BCUT2D eigenvalue weighted by molar-refractivity contribution is -0.135. The molecular weight excluding hydrogens is 468 g/mol. The maximum atomic E-state index is 13.8. The highest BCUT2D eigenvalue weighted by Crippen LogP contribution is 2.28. The van der Waals surface area contributed by atoms with E-state index < -0.39 is 11.5 Å². The highest BCUT2D eigenvalue weighted by molar-refractivity contribution is 6.31. The number of hydrogen-bond acceptors (Lipinski definition) is 5. The number of fused-ring (bicyclic) bond motifs is 2. The summed E-state index contributed by atoms with van der Waals surface area (Å²) in [6, 6.07) is 17.8. The second kappa shape index (κ2) is 8.41. The molecule has 0 aliphatic heterocycles. The van der Waals surface area contributed by atoms with Crippen molar-refractivity contribution in [2.45, 2.75) is 32.4 Å². The topological polar surface area (TPSA) is 116 Å². The molecule has 0 fully saturated rings. The first-order chi connectivity index (χ1) is 16.7. The number of carbonyl (C=O) groups is 1. The molecule has 0 saturated carbocycles. The van der Waals surface area contributed by atoms with Gasteiger partial charge in [0.05, 0.1) is 23.0 Å². The van der Waals surface area contributed by atoms with Gasteiger partial charge in [0.2, 0.25) is 0 Å². The fraction of sp³-hybridized carbons (Fsp3) is 0.192. The Morgan fingerprint density at radius 2 is 1.86 bits per heavy atom. The summed E-state index contributed by atoms with van der Waals surface area (Å²) in [5.41, 5.74) is 7.29. The van der Waals surface area contributed by atoms with Gasteiger partial charge in [-0.05, 0) is 54.3 Å². The second-order valence-electron chi connectivity index (χ2n) is 8.61. The molecule has 0 spiro atoms. The second-order valence-corrected chi connectivity index (χ2v) is 9.05. The van der Waals surface area contributed by atoms with Gasteiger partial charge in [0.25, 0.3) is 5.91 Å². The summed E-state index contributed by atoms with van der Waals surface area (Å²) in [7, 11) is 0. The van der Waals surface area contributed by atoms with Crippen LogP contribution in [0.25, 0.3) is 27.8 Å². The third-order valence-electron chi connectivity index (χ3n) is 6.42. The van der Waals surface area contributed by atoms with E-state index in [1.54, 1.807) is 34.9 Å². The van der Waals surface area contributed by atoms with E-state index >= 15 is 0 Å². The van der Waals surface area contributed by atoms with E-state index in [0.29, 0.717) is 44.8 Å². The van der Waals surface area contributed by atoms with Gasteiger partial charge in [-0.1, -0.05) is 54.0 Å². The van der Waals surface area contributed by atoms with Crippen molar-refractivity contribution in [1.29, 1.82) is 0 Å². The van der Waals surface area contributed by atoms with Gasteiger partial charge >= 0.3 is 5.69 Å². The van der Waals surface area contributed by atoms with Gasteiger partial charge in [0, 0.05) is 11.1 Å². The monoisotopic (exact) mass is 490 g/mol. The molecule has 8 nitrogen and oxygen atoms in total. The Labute approximate surface area is 205 Å². The average molecular weight is 491 g/mol. The van der Waals surface area contributed by atoms with Crippen LogP contribution in [0.4, 0.5) is 0 Å². The zero-order chi connectivity index (χ0) is 24.9. The molecule has 178 valence electrons. The van der Waals surface area contributed by atoms with Gasteiger partial charge in [0.1, 0.15) is 0 Å². The molecule has 0 radical (unpaired) electrons. The van der Waals surface area contributed by atoms with Gasteiger partial charge < -0.3 is 15.4 Å². The van der Waals surface area contributed by atoms with E-state index in [4.69, 9.17) is 21.9 Å². The molecule has 5 rings (SSSR count). The van der Waals surface area contributed by atoms with Crippen molar-refractivity contribution < 1.29 is 14.4 Å². The Balaban J connectivity index is 1.70. The number of aliphatic hydroxyl groups is 1. The number of halogens is 1. The lowest BCUT2D eigenvalue weighted by atomic mass is 9.91. The Morgan fingerprint density at radius 3 is 2.57 bits per heavy atom. The zero-order valence-corrected chi connectivity index (χ0v) is 19.9. The van der Waals surface area contributed by atoms with Crippen LogP contribution in [-0.2, 0) is 23.4 Å². The number of hydrogen-bond donors (Lipinski definition) is 2. The van der Waals surface area contributed by atoms with Crippen molar-refractivity contribution in [3.05, 3.63) is 92.9 Å². The first kappa shape index (κ1) is 22.9. The number of rotatable bonds is 6. The van der Waals surface area contributed by atoms with E-state index in [1.807, 2.05) is 37.3 Å².